The van der Waals surface area contributed by atoms with Crippen LogP contribution >= 0.6 is 0 Å². The Morgan fingerprint density at radius 2 is 1.79 bits per heavy atom. The first-order chi connectivity index (χ1) is 11.6. The van der Waals surface area contributed by atoms with E-state index in [4.69, 9.17) is 9.47 Å². The second-order valence-electron chi connectivity index (χ2n) is 6.42. The van der Waals surface area contributed by atoms with Crippen LogP contribution in [0, 0.1) is 6.92 Å². The van der Waals surface area contributed by atoms with Crippen LogP contribution in [-0.2, 0) is 19.5 Å². The van der Waals surface area contributed by atoms with Crippen LogP contribution in [-0.4, -0.2) is 76.3 Å². The topological polar surface area (TPSA) is 59.1 Å². The first-order valence-corrected chi connectivity index (χ1v) is 9.98. The number of piperazine rings is 1. The molecule has 0 saturated carbocycles. The number of nitrogens with zero attached hydrogens (tertiary/aromatic N) is 2. The van der Waals surface area contributed by atoms with E-state index in [1.54, 1.807) is 16.4 Å². The third kappa shape index (κ3) is 4.34. The van der Waals surface area contributed by atoms with Crippen molar-refractivity contribution in [2.75, 3.05) is 52.5 Å². The maximum atomic E-state index is 12.7. The van der Waals surface area contributed by atoms with Gasteiger partial charge in [0.05, 0.1) is 30.8 Å². The van der Waals surface area contributed by atoms with Gasteiger partial charge in [0.25, 0.3) is 0 Å². The fourth-order valence-electron chi connectivity index (χ4n) is 3.08. The number of hydrogen-bond acceptors (Lipinski definition) is 5. The second-order valence-corrected chi connectivity index (χ2v) is 8.35. The van der Waals surface area contributed by atoms with Crippen molar-refractivity contribution in [3.63, 3.8) is 0 Å². The molecule has 1 atom stereocenters. The van der Waals surface area contributed by atoms with Crippen molar-refractivity contribution in [1.29, 1.82) is 0 Å². The summed E-state index contributed by atoms with van der Waals surface area (Å²) in [6, 6.07) is 7.07. The van der Waals surface area contributed by atoms with Crippen molar-refractivity contribution in [1.82, 2.24) is 9.21 Å². The summed E-state index contributed by atoms with van der Waals surface area (Å²) in [4.78, 5) is 2.69. The second kappa shape index (κ2) is 7.93. The Morgan fingerprint density at radius 1 is 1.08 bits per heavy atom. The van der Waals surface area contributed by atoms with Crippen molar-refractivity contribution < 1.29 is 17.9 Å². The van der Waals surface area contributed by atoms with Crippen molar-refractivity contribution in [3.05, 3.63) is 29.8 Å². The van der Waals surface area contributed by atoms with E-state index < -0.39 is 10.0 Å². The van der Waals surface area contributed by atoms with Gasteiger partial charge in [-0.05, 0) is 25.5 Å². The van der Waals surface area contributed by atoms with E-state index in [9.17, 15) is 8.42 Å². The van der Waals surface area contributed by atoms with Gasteiger partial charge in [-0.1, -0.05) is 17.7 Å². The number of aryl methyl sites for hydroxylation is 1. The molecule has 2 aliphatic rings. The van der Waals surface area contributed by atoms with Gasteiger partial charge in [-0.15, -0.1) is 0 Å². The van der Waals surface area contributed by atoms with Crippen molar-refractivity contribution >= 4 is 10.0 Å². The summed E-state index contributed by atoms with van der Waals surface area (Å²) >= 11 is 0. The Balaban J connectivity index is 1.49. The average molecular weight is 354 g/mol. The van der Waals surface area contributed by atoms with Crippen LogP contribution in [0.25, 0.3) is 0 Å². The quantitative estimate of drug-likeness (QED) is 0.793. The van der Waals surface area contributed by atoms with Gasteiger partial charge < -0.3 is 14.4 Å². The van der Waals surface area contributed by atoms with Gasteiger partial charge in [0, 0.05) is 32.7 Å². The highest BCUT2D eigenvalue weighted by Gasteiger charge is 2.28. The molecule has 0 radical (unpaired) electrons. The Bertz CT molecular complexity index is 618. The molecule has 2 aliphatic heterocycles. The normalized spacial score (nSPS) is 24.1. The van der Waals surface area contributed by atoms with E-state index in [0.717, 1.165) is 31.6 Å². The third-order valence-electron chi connectivity index (χ3n) is 4.64. The standard InChI is InChI=1S/C17H26N2O4S/c1-15-2-4-17(5-3-15)24(20,21)19-10-8-18(9-11-19)7-6-16-14-22-12-13-23-16/h2-5,16H,6-14H2,1H3. The Labute approximate surface area is 144 Å². The molecule has 24 heavy (non-hydrogen) atoms. The summed E-state index contributed by atoms with van der Waals surface area (Å²) < 4.78 is 38.0. The summed E-state index contributed by atoms with van der Waals surface area (Å²) in [7, 11) is -3.38. The van der Waals surface area contributed by atoms with Gasteiger partial charge in [-0.25, -0.2) is 8.42 Å². The number of benzene rings is 1. The predicted molar refractivity (Wildman–Crippen MR) is 91.6 cm³/mol. The molecule has 0 bridgehead atoms. The highest BCUT2D eigenvalue weighted by molar-refractivity contribution is 7.89. The number of rotatable bonds is 5. The average Bonchev–Trinajstić information content (AvgIpc) is 2.61. The summed E-state index contributed by atoms with van der Waals surface area (Å²) in [6.07, 6.45) is 1.11. The molecular formula is C17H26N2O4S. The van der Waals surface area contributed by atoms with E-state index in [-0.39, 0.29) is 6.10 Å². The number of ether oxygens (including phenoxy) is 2. The lowest BCUT2D eigenvalue weighted by Crippen LogP contribution is -2.49. The summed E-state index contributed by atoms with van der Waals surface area (Å²) in [5.74, 6) is 0. The highest BCUT2D eigenvalue weighted by Crippen LogP contribution is 2.18. The zero-order valence-electron chi connectivity index (χ0n) is 14.2. The number of sulfonamides is 1. The van der Waals surface area contributed by atoms with Crippen LogP contribution < -0.4 is 0 Å². The minimum Gasteiger partial charge on any atom is -0.376 e. The van der Waals surface area contributed by atoms with E-state index >= 15 is 0 Å². The molecule has 0 spiro atoms. The van der Waals surface area contributed by atoms with Crippen LogP contribution in [0.3, 0.4) is 0 Å². The van der Waals surface area contributed by atoms with Gasteiger partial charge in [-0.3, -0.25) is 0 Å². The predicted octanol–water partition coefficient (Wildman–Crippen LogP) is 1.11. The van der Waals surface area contributed by atoms with Crippen LogP contribution in [0.5, 0.6) is 0 Å². The van der Waals surface area contributed by atoms with E-state index in [2.05, 4.69) is 4.90 Å². The van der Waals surface area contributed by atoms with Crippen molar-refractivity contribution in [2.45, 2.75) is 24.3 Å². The summed E-state index contributed by atoms with van der Waals surface area (Å²) in [6.45, 7) is 7.51. The van der Waals surface area contributed by atoms with Gasteiger partial charge >= 0.3 is 0 Å². The Hall–Kier alpha value is -0.990. The SMILES string of the molecule is Cc1ccc(S(=O)(=O)N2CCN(CCC3COCCO3)CC2)cc1. The fraction of sp³-hybridized carbons (Fsp3) is 0.647. The molecule has 0 amide bonds. The van der Waals surface area contributed by atoms with Crippen LogP contribution in [0.2, 0.25) is 0 Å². The molecule has 6 nitrogen and oxygen atoms in total. The minimum atomic E-state index is -3.38. The lowest BCUT2D eigenvalue weighted by atomic mass is 10.2. The van der Waals surface area contributed by atoms with Crippen molar-refractivity contribution in [2.24, 2.45) is 0 Å². The first-order valence-electron chi connectivity index (χ1n) is 8.54. The van der Waals surface area contributed by atoms with E-state index in [0.29, 0.717) is 37.8 Å². The van der Waals surface area contributed by atoms with Gasteiger partial charge in [0.2, 0.25) is 10.0 Å². The Kier molecular flexibility index (Phi) is 5.89. The van der Waals surface area contributed by atoms with E-state index in [1.807, 2.05) is 19.1 Å². The minimum absolute atomic E-state index is 0.174. The molecule has 0 aliphatic carbocycles. The zero-order chi connectivity index (χ0) is 17.0. The van der Waals surface area contributed by atoms with Crippen LogP contribution in [0.4, 0.5) is 0 Å². The smallest absolute Gasteiger partial charge is 0.243 e. The van der Waals surface area contributed by atoms with Crippen LogP contribution in [0.15, 0.2) is 29.2 Å². The molecule has 1 unspecified atom stereocenters. The van der Waals surface area contributed by atoms with Gasteiger partial charge in [-0.2, -0.15) is 4.31 Å². The lowest BCUT2D eigenvalue weighted by Gasteiger charge is -2.35. The molecule has 1 aromatic carbocycles. The molecule has 0 N–H and O–H groups in total. The molecule has 134 valence electrons. The third-order valence-corrected chi connectivity index (χ3v) is 6.56. The van der Waals surface area contributed by atoms with Crippen LogP contribution in [0.1, 0.15) is 12.0 Å². The zero-order valence-corrected chi connectivity index (χ0v) is 15.0. The Morgan fingerprint density at radius 3 is 2.42 bits per heavy atom. The first kappa shape index (κ1) is 17.8. The highest BCUT2D eigenvalue weighted by atomic mass is 32.2. The maximum absolute atomic E-state index is 12.7. The number of hydrogen-bond donors (Lipinski definition) is 0. The molecule has 3 rings (SSSR count). The largest absolute Gasteiger partial charge is 0.376 e. The molecule has 0 aromatic heterocycles. The molecule has 2 heterocycles. The fourth-order valence-corrected chi connectivity index (χ4v) is 4.50. The maximum Gasteiger partial charge on any atom is 0.243 e. The van der Waals surface area contributed by atoms with E-state index in [1.165, 1.54) is 0 Å². The van der Waals surface area contributed by atoms with Crippen molar-refractivity contribution in [3.8, 4) is 0 Å². The molecule has 1 aromatic rings. The van der Waals surface area contributed by atoms with Gasteiger partial charge in [0.15, 0.2) is 0 Å². The lowest BCUT2D eigenvalue weighted by molar-refractivity contribution is -0.0930. The summed E-state index contributed by atoms with van der Waals surface area (Å²) in [5.41, 5.74) is 1.06. The van der Waals surface area contributed by atoms with Gasteiger partial charge in [0.1, 0.15) is 0 Å². The molecular weight excluding hydrogens is 328 g/mol. The summed E-state index contributed by atoms with van der Waals surface area (Å²) in [5, 5.41) is 0. The molecule has 2 fully saturated rings. The monoisotopic (exact) mass is 354 g/mol. The molecule has 7 heteroatoms. The molecule has 2 saturated heterocycles.